The SMILES string of the molecule is CCC(F)=CC=C(C)CSc1nc(=O)cc(CC)n1CC(=O)N(CCN(CC)CC)Cc1ccc(-c2ccc(C(C)(F)F)cc2)cc1. The van der Waals surface area contributed by atoms with Crippen LogP contribution in [-0.2, 0) is 30.2 Å². The average molecular weight is 669 g/mol. The van der Waals surface area contributed by atoms with E-state index in [1.807, 2.05) is 47.6 Å². The van der Waals surface area contributed by atoms with Crippen molar-refractivity contribution in [2.24, 2.45) is 0 Å². The van der Waals surface area contributed by atoms with Gasteiger partial charge in [0, 0.05) is 49.6 Å². The van der Waals surface area contributed by atoms with Gasteiger partial charge in [-0.15, -0.1) is 0 Å². The monoisotopic (exact) mass is 668 g/mol. The number of aryl methyl sites for hydroxylation is 1. The Morgan fingerprint density at radius 2 is 1.57 bits per heavy atom. The van der Waals surface area contributed by atoms with Crippen molar-refractivity contribution in [2.45, 2.75) is 78.6 Å². The van der Waals surface area contributed by atoms with Gasteiger partial charge in [0.15, 0.2) is 5.16 Å². The molecule has 6 nitrogen and oxygen atoms in total. The summed E-state index contributed by atoms with van der Waals surface area (Å²) in [6.45, 7) is 14.0. The summed E-state index contributed by atoms with van der Waals surface area (Å²) < 4.78 is 42.8. The average Bonchev–Trinajstić information content (AvgIpc) is 3.06. The van der Waals surface area contributed by atoms with Crippen LogP contribution >= 0.6 is 11.8 Å². The molecule has 0 fully saturated rings. The third-order valence-electron chi connectivity index (χ3n) is 8.03. The molecular weight excluding hydrogens is 621 g/mol. The molecule has 0 aliphatic carbocycles. The second kappa shape index (κ2) is 18.1. The minimum Gasteiger partial charge on any atom is -0.336 e. The number of carbonyl (C=O) groups excluding carboxylic acids is 1. The number of allylic oxidation sites excluding steroid dienone is 3. The first kappa shape index (κ1) is 37.8. The molecule has 0 N–H and O–H groups in total. The summed E-state index contributed by atoms with van der Waals surface area (Å²) in [7, 11) is 0. The summed E-state index contributed by atoms with van der Waals surface area (Å²) in [6.07, 6.45) is 4.05. The highest BCUT2D eigenvalue weighted by molar-refractivity contribution is 7.99. The Labute approximate surface area is 281 Å². The number of hydrogen-bond donors (Lipinski definition) is 0. The van der Waals surface area contributed by atoms with E-state index in [0.29, 0.717) is 43.4 Å². The smallest absolute Gasteiger partial charge is 0.273 e. The van der Waals surface area contributed by atoms with Crippen LogP contribution in [0, 0.1) is 0 Å². The zero-order chi connectivity index (χ0) is 34.6. The molecule has 0 bridgehead atoms. The van der Waals surface area contributed by atoms with Crippen LogP contribution in [0.15, 0.2) is 88.1 Å². The van der Waals surface area contributed by atoms with Crippen LogP contribution in [0.5, 0.6) is 0 Å². The van der Waals surface area contributed by atoms with Gasteiger partial charge in [0.05, 0.1) is 5.83 Å². The number of alkyl halides is 2. The Hall–Kier alpha value is -3.63. The summed E-state index contributed by atoms with van der Waals surface area (Å²) in [5, 5.41) is 0.454. The van der Waals surface area contributed by atoms with Crippen molar-refractivity contribution in [2.75, 3.05) is 31.9 Å². The molecule has 0 spiro atoms. The molecule has 1 amide bonds. The molecule has 254 valence electrons. The van der Waals surface area contributed by atoms with Crippen molar-refractivity contribution in [1.29, 1.82) is 0 Å². The number of carbonyl (C=O) groups is 1. The number of halogens is 3. The minimum atomic E-state index is -2.89. The molecule has 0 saturated heterocycles. The maximum absolute atomic E-state index is 14.0. The number of thioether (sulfide) groups is 1. The quantitative estimate of drug-likeness (QED) is 0.0824. The van der Waals surface area contributed by atoms with Gasteiger partial charge in [0.1, 0.15) is 6.54 Å². The van der Waals surface area contributed by atoms with Crippen LogP contribution in [-0.4, -0.2) is 57.2 Å². The van der Waals surface area contributed by atoms with Crippen LogP contribution in [0.1, 0.15) is 64.8 Å². The predicted molar refractivity (Wildman–Crippen MR) is 186 cm³/mol. The van der Waals surface area contributed by atoms with Crippen molar-refractivity contribution in [3.8, 4) is 11.1 Å². The fraction of sp³-hybridized carbons (Fsp3) is 0.432. The summed E-state index contributed by atoms with van der Waals surface area (Å²) in [5.41, 5.74) is 3.91. The molecule has 1 aromatic heterocycles. The number of benzene rings is 2. The molecule has 0 aliphatic rings. The number of rotatable bonds is 17. The van der Waals surface area contributed by atoms with Crippen LogP contribution in [0.2, 0.25) is 0 Å². The van der Waals surface area contributed by atoms with E-state index in [1.54, 1.807) is 25.1 Å². The van der Waals surface area contributed by atoms with Crippen LogP contribution < -0.4 is 5.56 Å². The summed E-state index contributed by atoms with van der Waals surface area (Å²) >= 11 is 1.35. The summed E-state index contributed by atoms with van der Waals surface area (Å²) in [6, 6.07) is 15.5. The molecule has 2 aromatic carbocycles. The van der Waals surface area contributed by atoms with Crippen molar-refractivity contribution in [3.63, 3.8) is 0 Å². The maximum Gasteiger partial charge on any atom is 0.273 e. The Morgan fingerprint density at radius 3 is 2.13 bits per heavy atom. The zero-order valence-electron chi connectivity index (χ0n) is 28.4. The van der Waals surface area contributed by atoms with Crippen LogP contribution in [0.4, 0.5) is 13.2 Å². The molecule has 0 unspecified atom stereocenters. The van der Waals surface area contributed by atoms with E-state index in [4.69, 9.17) is 0 Å². The standard InChI is InChI=1S/C37H47F3N4O2S/c1-7-32(38)20-11-27(5)26-47-36-41-34(45)23-33(8-2)44(36)25-35(46)43(22-21-42(9-3)10-4)24-28-12-14-29(15-13-28)30-16-18-31(19-17-30)37(6,39)40/h11-20,23H,7-10,21-22,24-26H2,1-6H3. The first-order chi connectivity index (χ1) is 22.4. The summed E-state index contributed by atoms with van der Waals surface area (Å²) in [5.74, 6) is -2.71. The molecule has 1 heterocycles. The number of aromatic nitrogens is 2. The number of amides is 1. The molecule has 3 rings (SSSR count). The highest BCUT2D eigenvalue weighted by Gasteiger charge is 2.24. The third kappa shape index (κ3) is 11.5. The molecule has 47 heavy (non-hydrogen) atoms. The van der Waals surface area contributed by atoms with Gasteiger partial charge in [-0.05, 0) is 55.6 Å². The van der Waals surface area contributed by atoms with E-state index in [2.05, 4.69) is 23.7 Å². The lowest BCUT2D eigenvalue weighted by atomic mass is 10.0. The molecule has 10 heteroatoms. The Balaban J connectivity index is 1.86. The van der Waals surface area contributed by atoms with Crippen molar-refractivity contribution < 1.29 is 18.0 Å². The van der Waals surface area contributed by atoms with E-state index in [0.717, 1.165) is 48.0 Å². The second-order valence-electron chi connectivity index (χ2n) is 11.6. The molecule has 0 atom stereocenters. The topological polar surface area (TPSA) is 58.4 Å². The van der Waals surface area contributed by atoms with E-state index in [1.165, 1.54) is 36.0 Å². The summed E-state index contributed by atoms with van der Waals surface area (Å²) in [4.78, 5) is 34.8. The van der Waals surface area contributed by atoms with E-state index >= 15 is 0 Å². The van der Waals surface area contributed by atoms with Gasteiger partial charge in [-0.2, -0.15) is 4.98 Å². The van der Waals surface area contributed by atoms with Gasteiger partial charge < -0.3 is 14.4 Å². The van der Waals surface area contributed by atoms with Crippen LogP contribution in [0.3, 0.4) is 0 Å². The highest BCUT2D eigenvalue weighted by atomic mass is 32.2. The lowest BCUT2D eigenvalue weighted by Crippen LogP contribution is -2.40. The molecule has 0 aliphatic heterocycles. The lowest BCUT2D eigenvalue weighted by molar-refractivity contribution is -0.132. The predicted octanol–water partition coefficient (Wildman–Crippen LogP) is 8.26. The van der Waals surface area contributed by atoms with Crippen molar-refractivity contribution in [1.82, 2.24) is 19.4 Å². The van der Waals surface area contributed by atoms with E-state index < -0.39 is 5.92 Å². The van der Waals surface area contributed by atoms with E-state index in [-0.39, 0.29) is 29.4 Å². The third-order valence-corrected chi connectivity index (χ3v) is 9.20. The van der Waals surface area contributed by atoms with E-state index in [9.17, 15) is 22.8 Å². The highest BCUT2D eigenvalue weighted by Crippen LogP contribution is 2.29. The second-order valence-corrected chi connectivity index (χ2v) is 12.5. The van der Waals surface area contributed by atoms with Gasteiger partial charge in [0.2, 0.25) is 5.91 Å². The number of nitrogens with zero attached hydrogens (tertiary/aromatic N) is 4. The molecule has 0 radical (unpaired) electrons. The van der Waals surface area contributed by atoms with Gasteiger partial charge >= 0.3 is 0 Å². The molecule has 0 saturated carbocycles. The number of likely N-dealkylation sites (N-methyl/N-ethyl adjacent to an activating group) is 1. The van der Waals surface area contributed by atoms with Gasteiger partial charge in [-0.3, -0.25) is 9.59 Å². The fourth-order valence-electron chi connectivity index (χ4n) is 4.99. The lowest BCUT2D eigenvalue weighted by Gasteiger charge is -2.28. The first-order valence-corrected chi connectivity index (χ1v) is 17.2. The normalized spacial score (nSPS) is 12.6. The first-order valence-electron chi connectivity index (χ1n) is 16.2. The van der Waals surface area contributed by atoms with Crippen LogP contribution in [0.25, 0.3) is 11.1 Å². The Morgan fingerprint density at radius 1 is 0.957 bits per heavy atom. The van der Waals surface area contributed by atoms with Crippen molar-refractivity contribution in [3.05, 3.63) is 105 Å². The van der Waals surface area contributed by atoms with Gasteiger partial charge in [0.25, 0.3) is 11.5 Å². The molecule has 3 aromatic rings. The zero-order valence-corrected chi connectivity index (χ0v) is 29.2. The fourth-order valence-corrected chi connectivity index (χ4v) is 5.93. The Kier molecular flexibility index (Phi) is 14.5. The molecular formula is C37H47F3N4O2S. The van der Waals surface area contributed by atoms with Crippen molar-refractivity contribution >= 4 is 17.7 Å². The largest absolute Gasteiger partial charge is 0.336 e. The number of hydrogen-bond acceptors (Lipinski definition) is 5. The maximum atomic E-state index is 14.0. The Bertz CT molecular complexity index is 1580. The van der Waals surface area contributed by atoms with Gasteiger partial charge in [-0.25, -0.2) is 13.2 Å². The minimum absolute atomic E-state index is 0.0245. The van der Waals surface area contributed by atoms with Gasteiger partial charge in [-0.1, -0.05) is 99.6 Å².